The van der Waals surface area contributed by atoms with Crippen molar-refractivity contribution in [2.75, 3.05) is 13.7 Å². The van der Waals surface area contributed by atoms with Gasteiger partial charge in [0, 0.05) is 12.6 Å². The zero-order valence-electron chi connectivity index (χ0n) is 11.2. The number of hydrogen-bond donors (Lipinski definition) is 2. The summed E-state index contributed by atoms with van der Waals surface area (Å²) < 4.78 is 6.14. The van der Waals surface area contributed by atoms with E-state index in [1.807, 2.05) is 18.2 Å². The Hall–Kier alpha value is -1.07. The average molecular weight is 327 g/mol. The molecule has 1 aliphatic heterocycles. The van der Waals surface area contributed by atoms with E-state index in [-0.39, 0.29) is 18.0 Å². The molecule has 2 unspecified atom stereocenters. The molecule has 0 aromatic heterocycles. The molecule has 1 saturated heterocycles. The summed E-state index contributed by atoms with van der Waals surface area (Å²) in [7, 11) is 1.65. The lowest BCUT2D eigenvalue weighted by atomic mass is 10.0. The fourth-order valence-corrected chi connectivity index (χ4v) is 2.84. The minimum atomic E-state index is -0.0929. The first-order valence-corrected chi connectivity index (χ1v) is 7.28. The number of benzene rings is 1. The maximum Gasteiger partial charge on any atom is 0.237 e. The maximum atomic E-state index is 11.7. The Morgan fingerprint density at radius 3 is 2.95 bits per heavy atom. The van der Waals surface area contributed by atoms with Gasteiger partial charge >= 0.3 is 0 Å². The summed E-state index contributed by atoms with van der Waals surface area (Å²) in [4.78, 5) is 11.7. The van der Waals surface area contributed by atoms with Crippen LogP contribution in [0, 0.1) is 0 Å². The van der Waals surface area contributed by atoms with Crippen molar-refractivity contribution in [2.24, 2.45) is 0 Å². The third-order valence-corrected chi connectivity index (χ3v) is 4.03. The van der Waals surface area contributed by atoms with Crippen LogP contribution < -0.4 is 15.4 Å². The highest BCUT2D eigenvalue weighted by Crippen LogP contribution is 2.28. The van der Waals surface area contributed by atoms with E-state index >= 15 is 0 Å². The normalized spacial score (nSPS) is 20.8. The molecule has 5 heteroatoms. The molecular weight excluding hydrogens is 308 g/mol. The van der Waals surface area contributed by atoms with Gasteiger partial charge in [0.25, 0.3) is 0 Å². The fraction of sp³-hybridized carbons (Fsp3) is 0.500. The summed E-state index contributed by atoms with van der Waals surface area (Å²) in [6, 6.07) is 6.00. The van der Waals surface area contributed by atoms with Gasteiger partial charge in [0.2, 0.25) is 5.91 Å². The molecule has 0 radical (unpaired) electrons. The SMILES string of the molecule is COc1ccc(C(C)NC2CCCNC2=O)cc1Br. The van der Waals surface area contributed by atoms with Gasteiger partial charge < -0.3 is 10.1 Å². The number of halogens is 1. The van der Waals surface area contributed by atoms with Crippen LogP contribution in [0.25, 0.3) is 0 Å². The third-order valence-electron chi connectivity index (χ3n) is 3.41. The van der Waals surface area contributed by atoms with Crippen LogP contribution >= 0.6 is 15.9 Å². The van der Waals surface area contributed by atoms with Gasteiger partial charge in [-0.2, -0.15) is 0 Å². The number of nitrogens with one attached hydrogen (secondary N) is 2. The molecule has 1 amide bonds. The number of hydrogen-bond acceptors (Lipinski definition) is 3. The third kappa shape index (κ3) is 3.48. The standard InChI is InChI=1S/C14H19BrN2O2/c1-9(17-12-4-3-7-16-14(12)18)10-5-6-13(19-2)11(15)8-10/h5-6,8-9,12,17H,3-4,7H2,1-2H3,(H,16,18). The smallest absolute Gasteiger partial charge is 0.237 e. The Morgan fingerprint density at radius 2 is 2.32 bits per heavy atom. The summed E-state index contributed by atoms with van der Waals surface area (Å²) >= 11 is 3.48. The van der Waals surface area contributed by atoms with Crippen LogP contribution in [0.1, 0.15) is 31.4 Å². The number of methoxy groups -OCH3 is 1. The monoisotopic (exact) mass is 326 g/mol. The lowest BCUT2D eigenvalue weighted by molar-refractivity contribution is -0.124. The van der Waals surface area contributed by atoms with Gasteiger partial charge in [0.1, 0.15) is 5.75 Å². The van der Waals surface area contributed by atoms with Gasteiger partial charge in [-0.1, -0.05) is 6.07 Å². The van der Waals surface area contributed by atoms with Crippen LogP contribution in [0.15, 0.2) is 22.7 Å². The molecule has 0 aliphatic carbocycles. The molecule has 1 aromatic carbocycles. The second-order valence-corrected chi connectivity index (χ2v) is 5.62. The Morgan fingerprint density at radius 1 is 1.53 bits per heavy atom. The zero-order chi connectivity index (χ0) is 13.8. The molecule has 2 atom stereocenters. The lowest BCUT2D eigenvalue weighted by Crippen LogP contribution is -2.48. The molecule has 0 saturated carbocycles. The molecule has 2 rings (SSSR count). The molecule has 104 valence electrons. The maximum absolute atomic E-state index is 11.7. The van der Waals surface area contributed by atoms with Crippen molar-refractivity contribution < 1.29 is 9.53 Å². The molecule has 19 heavy (non-hydrogen) atoms. The second kappa shape index (κ2) is 6.39. The van der Waals surface area contributed by atoms with E-state index in [1.165, 1.54) is 0 Å². The van der Waals surface area contributed by atoms with Crippen LogP contribution in [-0.2, 0) is 4.79 Å². The van der Waals surface area contributed by atoms with Crippen molar-refractivity contribution in [3.8, 4) is 5.75 Å². The van der Waals surface area contributed by atoms with Gasteiger partial charge in [-0.25, -0.2) is 0 Å². The largest absolute Gasteiger partial charge is 0.496 e. The van der Waals surface area contributed by atoms with Crippen LogP contribution in [0.2, 0.25) is 0 Å². The molecule has 1 heterocycles. The van der Waals surface area contributed by atoms with Gasteiger partial charge in [-0.15, -0.1) is 0 Å². The van der Waals surface area contributed by atoms with Crippen molar-refractivity contribution in [3.05, 3.63) is 28.2 Å². The summed E-state index contributed by atoms with van der Waals surface area (Å²) in [5.74, 6) is 0.914. The predicted molar refractivity (Wildman–Crippen MR) is 78.3 cm³/mol. The highest BCUT2D eigenvalue weighted by atomic mass is 79.9. The van der Waals surface area contributed by atoms with E-state index in [2.05, 4.69) is 33.5 Å². The van der Waals surface area contributed by atoms with E-state index < -0.39 is 0 Å². The minimum Gasteiger partial charge on any atom is -0.496 e. The molecule has 4 nitrogen and oxygen atoms in total. The summed E-state index contributed by atoms with van der Waals surface area (Å²) in [6.07, 6.45) is 1.93. The van der Waals surface area contributed by atoms with Crippen molar-refractivity contribution in [3.63, 3.8) is 0 Å². The van der Waals surface area contributed by atoms with Crippen molar-refractivity contribution in [1.82, 2.24) is 10.6 Å². The fourth-order valence-electron chi connectivity index (χ4n) is 2.28. The van der Waals surface area contributed by atoms with Crippen molar-refractivity contribution in [1.29, 1.82) is 0 Å². The number of carbonyl (C=O) groups excluding carboxylic acids is 1. The number of rotatable bonds is 4. The first kappa shape index (κ1) is 14.3. The molecule has 1 fully saturated rings. The number of piperidine rings is 1. The quantitative estimate of drug-likeness (QED) is 0.893. The molecule has 1 aromatic rings. The van der Waals surface area contributed by atoms with Gasteiger partial charge in [-0.05, 0) is 53.4 Å². The lowest BCUT2D eigenvalue weighted by Gasteiger charge is -2.26. The highest BCUT2D eigenvalue weighted by molar-refractivity contribution is 9.10. The second-order valence-electron chi connectivity index (χ2n) is 4.77. The summed E-state index contributed by atoms with van der Waals surface area (Å²) in [5.41, 5.74) is 1.13. The van der Waals surface area contributed by atoms with E-state index in [1.54, 1.807) is 7.11 Å². The first-order valence-electron chi connectivity index (χ1n) is 6.49. The molecule has 0 spiro atoms. The molecular formula is C14H19BrN2O2. The Kier molecular flexibility index (Phi) is 4.82. The topological polar surface area (TPSA) is 50.4 Å². The van der Waals surface area contributed by atoms with Gasteiger partial charge in [0.05, 0.1) is 17.6 Å². The molecule has 2 N–H and O–H groups in total. The Balaban J connectivity index is 2.04. The average Bonchev–Trinajstić information content (AvgIpc) is 2.41. The molecule has 0 bridgehead atoms. The van der Waals surface area contributed by atoms with Crippen molar-refractivity contribution in [2.45, 2.75) is 31.8 Å². The van der Waals surface area contributed by atoms with E-state index in [0.717, 1.165) is 35.2 Å². The summed E-state index contributed by atoms with van der Waals surface area (Å²) in [6.45, 7) is 2.86. The van der Waals surface area contributed by atoms with E-state index in [9.17, 15) is 4.79 Å². The zero-order valence-corrected chi connectivity index (χ0v) is 12.8. The van der Waals surface area contributed by atoms with E-state index in [0.29, 0.717) is 0 Å². The highest BCUT2D eigenvalue weighted by Gasteiger charge is 2.23. The first-order chi connectivity index (χ1) is 9.11. The summed E-state index contributed by atoms with van der Waals surface area (Å²) in [5, 5.41) is 6.26. The predicted octanol–water partition coefficient (Wildman–Crippen LogP) is 2.39. The Bertz CT molecular complexity index is 465. The van der Waals surface area contributed by atoms with Crippen molar-refractivity contribution >= 4 is 21.8 Å². The Labute approximate surface area is 122 Å². The minimum absolute atomic E-state index is 0.0929. The van der Waals surface area contributed by atoms with Crippen LogP contribution in [-0.4, -0.2) is 25.6 Å². The van der Waals surface area contributed by atoms with Crippen LogP contribution in [0.4, 0.5) is 0 Å². The molecule has 1 aliphatic rings. The number of ether oxygens (including phenoxy) is 1. The van der Waals surface area contributed by atoms with Gasteiger partial charge in [0.15, 0.2) is 0 Å². The van der Waals surface area contributed by atoms with Gasteiger partial charge in [-0.3, -0.25) is 10.1 Å². The van der Waals surface area contributed by atoms with Crippen LogP contribution in [0.3, 0.4) is 0 Å². The van der Waals surface area contributed by atoms with Crippen LogP contribution in [0.5, 0.6) is 5.75 Å². The van der Waals surface area contributed by atoms with E-state index in [4.69, 9.17) is 4.74 Å². The number of amides is 1. The number of carbonyl (C=O) groups is 1.